The molecule has 8 heteroatoms. The number of hydrogen-bond donors (Lipinski definition) is 2. The van der Waals surface area contributed by atoms with Crippen molar-refractivity contribution in [1.82, 2.24) is 9.80 Å². The number of carbonyl (C=O) groups is 3. The molecule has 2 heterocycles. The molecular formula is C19H21N3O5. The highest BCUT2D eigenvalue weighted by molar-refractivity contribution is 6.10. The van der Waals surface area contributed by atoms with E-state index in [-0.39, 0.29) is 36.9 Å². The van der Waals surface area contributed by atoms with Crippen LogP contribution in [-0.2, 0) is 20.9 Å². The second-order valence-electron chi connectivity index (χ2n) is 6.92. The van der Waals surface area contributed by atoms with E-state index >= 15 is 0 Å². The third-order valence-corrected chi connectivity index (χ3v) is 5.17. The number of ether oxygens (including phenoxy) is 1. The van der Waals surface area contributed by atoms with E-state index < -0.39 is 11.9 Å². The molecule has 0 bridgehead atoms. The molecule has 0 unspecified atom stereocenters. The van der Waals surface area contributed by atoms with Crippen LogP contribution in [0, 0.1) is 0 Å². The van der Waals surface area contributed by atoms with Crippen molar-refractivity contribution in [2.75, 3.05) is 32.1 Å². The summed E-state index contributed by atoms with van der Waals surface area (Å²) in [4.78, 5) is 40.9. The molecule has 1 aliphatic carbocycles. The lowest BCUT2D eigenvalue weighted by atomic mass is 10.1. The van der Waals surface area contributed by atoms with E-state index in [0.29, 0.717) is 23.8 Å². The van der Waals surface area contributed by atoms with E-state index in [1.807, 2.05) is 17.0 Å². The first-order chi connectivity index (χ1) is 13.0. The minimum Gasteiger partial charge on any atom is -0.466 e. The molecule has 27 heavy (non-hydrogen) atoms. The van der Waals surface area contributed by atoms with Gasteiger partial charge >= 0.3 is 5.97 Å². The fraction of sp³-hybridized carbons (Fsp3) is 0.421. The first kappa shape index (κ1) is 17.5. The number of amides is 2. The van der Waals surface area contributed by atoms with Crippen LogP contribution in [0.2, 0.25) is 0 Å². The number of anilines is 1. The second kappa shape index (κ2) is 6.70. The van der Waals surface area contributed by atoms with Crippen LogP contribution >= 0.6 is 0 Å². The Morgan fingerprint density at radius 1 is 1.26 bits per heavy atom. The highest BCUT2D eigenvalue weighted by Gasteiger charge is 2.40. The van der Waals surface area contributed by atoms with Gasteiger partial charge in [0.1, 0.15) is 5.70 Å². The fourth-order valence-corrected chi connectivity index (χ4v) is 3.65. The fourth-order valence-electron chi connectivity index (χ4n) is 3.65. The lowest BCUT2D eigenvalue weighted by Gasteiger charge is -2.16. The Morgan fingerprint density at radius 2 is 2.04 bits per heavy atom. The SMILES string of the molecule is COC(=O)C1=C(Nc2cccc3c2C(=O)N(C2CC2)C3)C(=O)N(CCO)C1. The van der Waals surface area contributed by atoms with Gasteiger partial charge in [0.05, 0.1) is 37.1 Å². The van der Waals surface area contributed by atoms with Crippen LogP contribution in [-0.4, -0.2) is 65.5 Å². The van der Waals surface area contributed by atoms with Gasteiger partial charge in [-0.2, -0.15) is 0 Å². The normalized spacial score (nSPS) is 19.0. The molecule has 2 amide bonds. The number of rotatable bonds is 6. The van der Waals surface area contributed by atoms with Crippen LogP contribution in [0.4, 0.5) is 5.69 Å². The lowest BCUT2D eigenvalue weighted by molar-refractivity contribution is -0.136. The first-order valence-electron chi connectivity index (χ1n) is 8.96. The molecular weight excluding hydrogens is 350 g/mol. The van der Waals surface area contributed by atoms with Crippen molar-refractivity contribution in [3.8, 4) is 0 Å². The summed E-state index contributed by atoms with van der Waals surface area (Å²) >= 11 is 0. The summed E-state index contributed by atoms with van der Waals surface area (Å²) in [5.74, 6) is -1.05. The highest BCUT2D eigenvalue weighted by atomic mass is 16.5. The molecule has 3 aliphatic rings. The number of aliphatic hydroxyl groups excluding tert-OH is 1. The molecule has 4 rings (SSSR count). The molecule has 1 fully saturated rings. The maximum Gasteiger partial charge on any atom is 0.337 e. The van der Waals surface area contributed by atoms with Crippen LogP contribution in [0.3, 0.4) is 0 Å². The summed E-state index contributed by atoms with van der Waals surface area (Å²) in [5, 5.41) is 12.2. The van der Waals surface area contributed by atoms with Crippen molar-refractivity contribution in [2.24, 2.45) is 0 Å². The molecule has 0 radical (unpaired) electrons. The zero-order valence-corrected chi connectivity index (χ0v) is 15.0. The molecule has 2 N–H and O–H groups in total. The van der Waals surface area contributed by atoms with Crippen molar-refractivity contribution in [3.63, 3.8) is 0 Å². The van der Waals surface area contributed by atoms with Gasteiger partial charge in [-0.1, -0.05) is 12.1 Å². The average Bonchev–Trinajstić information content (AvgIpc) is 3.40. The molecule has 0 spiro atoms. The number of benzene rings is 1. The first-order valence-corrected chi connectivity index (χ1v) is 8.96. The summed E-state index contributed by atoms with van der Waals surface area (Å²) in [5.41, 5.74) is 2.26. The van der Waals surface area contributed by atoms with Crippen molar-refractivity contribution < 1.29 is 24.2 Å². The minimum absolute atomic E-state index is 0.0477. The van der Waals surface area contributed by atoms with Crippen molar-refractivity contribution >= 4 is 23.5 Å². The van der Waals surface area contributed by atoms with Crippen LogP contribution < -0.4 is 5.32 Å². The van der Waals surface area contributed by atoms with E-state index in [4.69, 9.17) is 9.84 Å². The van der Waals surface area contributed by atoms with Crippen LogP contribution in [0.1, 0.15) is 28.8 Å². The number of β-amino-alcohol motifs (C(OH)–C–C–N with tert-alkyl or cyclic N) is 1. The smallest absolute Gasteiger partial charge is 0.337 e. The van der Waals surface area contributed by atoms with E-state index in [1.54, 1.807) is 6.07 Å². The third kappa shape index (κ3) is 2.95. The monoisotopic (exact) mass is 371 g/mol. The zero-order chi connectivity index (χ0) is 19.1. The molecule has 142 valence electrons. The predicted molar refractivity (Wildman–Crippen MR) is 95.7 cm³/mol. The number of carbonyl (C=O) groups excluding carboxylic acids is 3. The van der Waals surface area contributed by atoms with Gasteiger partial charge < -0.3 is 25.0 Å². The van der Waals surface area contributed by atoms with Gasteiger partial charge in [-0.15, -0.1) is 0 Å². The van der Waals surface area contributed by atoms with Gasteiger partial charge in [-0.25, -0.2) is 4.79 Å². The standard InChI is InChI=1S/C19H21N3O5/c1-27-19(26)13-10-21(7-8-23)18(25)16(13)20-14-4-2-3-11-9-22(12-5-6-12)17(24)15(11)14/h2-4,12,20,23H,5-10H2,1H3. The van der Waals surface area contributed by atoms with E-state index in [9.17, 15) is 14.4 Å². The quantitative estimate of drug-likeness (QED) is 0.706. The Kier molecular flexibility index (Phi) is 4.35. The molecule has 0 saturated heterocycles. The molecule has 1 aromatic rings. The number of nitrogens with one attached hydrogen (secondary N) is 1. The highest BCUT2D eigenvalue weighted by Crippen LogP contribution is 2.38. The molecule has 0 atom stereocenters. The largest absolute Gasteiger partial charge is 0.466 e. The lowest BCUT2D eigenvalue weighted by Crippen LogP contribution is -2.31. The second-order valence-corrected chi connectivity index (χ2v) is 6.92. The number of fused-ring (bicyclic) bond motifs is 1. The Morgan fingerprint density at radius 3 is 2.70 bits per heavy atom. The van der Waals surface area contributed by atoms with E-state index in [2.05, 4.69) is 5.32 Å². The van der Waals surface area contributed by atoms with Crippen molar-refractivity contribution in [1.29, 1.82) is 0 Å². The van der Waals surface area contributed by atoms with Gasteiger partial charge in [0.25, 0.3) is 11.8 Å². The summed E-state index contributed by atoms with van der Waals surface area (Å²) in [6.07, 6.45) is 2.05. The molecule has 1 saturated carbocycles. The Balaban J connectivity index is 1.67. The van der Waals surface area contributed by atoms with Gasteiger partial charge in [-0.3, -0.25) is 9.59 Å². The Hall–Kier alpha value is -2.87. The summed E-state index contributed by atoms with van der Waals surface area (Å²) in [7, 11) is 1.25. The van der Waals surface area contributed by atoms with Crippen LogP contribution in [0.25, 0.3) is 0 Å². The van der Waals surface area contributed by atoms with Crippen molar-refractivity contribution in [3.05, 3.63) is 40.6 Å². The Bertz CT molecular complexity index is 859. The predicted octanol–water partition coefficient (Wildman–Crippen LogP) is 0.478. The molecule has 8 nitrogen and oxygen atoms in total. The van der Waals surface area contributed by atoms with Gasteiger partial charge in [-0.05, 0) is 24.5 Å². The van der Waals surface area contributed by atoms with E-state index in [0.717, 1.165) is 18.4 Å². The molecule has 0 aromatic heterocycles. The molecule has 1 aromatic carbocycles. The molecule has 2 aliphatic heterocycles. The van der Waals surface area contributed by atoms with Crippen LogP contribution in [0.15, 0.2) is 29.5 Å². The third-order valence-electron chi connectivity index (χ3n) is 5.17. The summed E-state index contributed by atoms with van der Waals surface area (Å²) in [6, 6.07) is 5.77. The van der Waals surface area contributed by atoms with Gasteiger partial charge in [0.2, 0.25) is 0 Å². The van der Waals surface area contributed by atoms with Gasteiger partial charge in [0, 0.05) is 19.1 Å². The Labute approximate surface area is 156 Å². The number of esters is 1. The zero-order valence-electron chi connectivity index (χ0n) is 15.0. The van der Waals surface area contributed by atoms with Gasteiger partial charge in [0.15, 0.2) is 0 Å². The summed E-state index contributed by atoms with van der Waals surface area (Å²) < 4.78 is 4.79. The minimum atomic E-state index is -0.607. The number of methoxy groups -OCH3 is 1. The van der Waals surface area contributed by atoms with Crippen LogP contribution in [0.5, 0.6) is 0 Å². The number of nitrogens with zero attached hydrogens (tertiary/aromatic N) is 2. The topological polar surface area (TPSA) is 99.2 Å². The van der Waals surface area contributed by atoms with E-state index in [1.165, 1.54) is 12.0 Å². The number of aliphatic hydroxyl groups is 1. The summed E-state index contributed by atoms with van der Waals surface area (Å²) in [6.45, 7) is 0.544. The van der Waals surface area contributed by atoms with Crippen molar-refractivity contribution in [2.45, 2.75) is 25.4 Å². The number of hydrogen-bond acceptors (Lipinski definition) is 6. The maximum absolute atomic E-state index is 12.8. The maximum atomic E-state index is 12.8. The average molecular weight is 371 g/mol.